The van der Waals surface area contributed by atoms with Gasteiger partial charge in [-0.15, -0.1) is 11.8 Å². The van der Waals surface area contributed by atoms with Gasteiger partial charge in [0.15, 0.2) is 0 Å². The average Bonchev–Trinajstić information content (AvgIpc) is 2.87. The Balaban J connectivity index is 1.83. The van der Waals surface area contributed by atoms with Gasteiger partial charge in [-0.2, -0.15) is 0 Å². The van der Waals surface area contributed by atoms with Gasteiger partial charge in [-0.05, 0) is 41.8 Å². The second-order valence-corrected chi connectivity index (χ2v) is 6.18. The molecule has 3 rings (SSSR count). The zero-order valence-corrected chi connectivity index (χ0v) is 12.0. The molecule has 0 amide bonds. The molecule has 1 aliphatic rings. The van der Waals surface area contributed by atoms with Crippen molar-refractivity contribution in [3.8, 4) is 0 Å². The molecule has 0 saturated carbocycles. The first-order valence-corrected chi connectivity index (χ1v) is 7.63. The van der Waals surface area contributed by atoms with Gasteiger partial charge < -0.3 is 0 Å². The monoisotopic (exact) mass is 286 g/mol. The summed E-state index contributed by atoms with van der Waals surface area (Å²) < 4.78 is 13.3. The molecule has 1 aliphatic heterocycles. The Labute approximate surface area is 122 Å². The summed E-state index contributed by atoms with van der Waals surface area (Å²) in [6.07, 6.45) is 0.309. The van der Waals surface area contributed by atoms with Crippen LogP contribution in [0.25, 0.3) is 0 Å². The number of hydrogen-bond acceptors (Lipinski definition) is 2. The molecule has 2 aromatic carbocycles. The van der Waals surface area contributed by atoms with Crippen LogP contribution in [0.2, 0.25) is 0 Å². The van der Waals surface area contributed by atoms with Crippen molar-refractivity contribution in [1.82, 2.24) is 0 Å². The van der Waals surface area contributed by atoms with E-state index < -0.39 is 0 Å². The van der Waals surface area contributed by atoms with Gasteiger partial charge >= 0.3 is 0 Å². The van der Waals surface area contributed by atoms with E-state index >= 15 is 0 Å². The molecule has 1 heterocycles. The molecule has 0 fully saturated rings. The number of benzene rings is 2. The molecule has 2 aromatic rings. The van der Waals surface area contributed by atoms with Gasteiger partial charge in [0.2, 0.25) is 0 Å². The second-order valence-electron chi connectivity index (χ2n) is 5.12. The lowest BCUT2D eigenvalue weighted by molar-refractivity contribution is -0.119. The molecule has 0 N–H and O–H groups in total. The molecule has 1 unspecified atom stereocenters. The van der Waals surface area contributed by atoms with Gasteiger partial charge in [-0.1, -0.05) is 24.3 Å². The fraction of sp³-hybridized carbons (Fsp3) is 0.235. The van der Waals surface area contributed by atoms with E-state index in [1.807, 2.05) is 25.1 Å². The smallest absolute Gasteiger partial charge is 0.145 e. The van der Waals surface area contributed by atoms with Crippen molar-refractivity contribution >= 4 is 17.5 Å². The number of fused-ring (bicyclic) bond motifs is 1. The topological polar surface area (TPSA) is 17.1 Å². The number of thioether (sulfide) groups is 1. The maximum absolute atomic E-state index is 13.3. The molecular formula is C17H15FOS. The van der Waals surface area contributed by atoms with Gasteiger partial charge in [0, 0.05) is 17.1 Å². The van der Waals surface area contributed by atoms with E-state index in [0.29, 0.717) is 6.42 Å². The Morgan fingerprint density at radius 1 is 1.30 bits per heavy atom. The fourth-order valence-corrected chi connectivity index (χ4v) is 3.83. The summed E-state index contributed by atoms with van der Waals surface area (Å²) in [7, 11) is 0. The standard InChI is InChI=1S/C17H15FOS/c1-11-6-7-13(18)8-12(11)9-16(19)15-10-20-17-5-3-2-4-14(15)17/h2-8,15H,9-10H2,1H3. The number of carbonyl (C=O) groups excluding carboxylic acids is 1. The van der Waals surface area contributed by atoms with E-state index in [4.69, 9.17) is 0 Å². The highest BCUT2D eigenvalue weighted by atomic mass is 32.2. The summed E-state index contributed by atoms with van der Waals surface area (Å²) in [6.45, 7) is 1.92. The minimum absolute atomic E-state index is 0.0566. The molecule has 1 atom stereocenters. The van der Waals surface area contributed by atoms with Crippen molar-refractivity contribution in [3.05, 3.63) is 65.0 Å². The Bertz CT molecular complexity index is 666. The van der Waals surface area contributed by atoms with Gasteiger partial charge in [0.1, 0.15) is 11.6 Å². The maximum Gasteiger partial charge on any atom is 0.145 e. The highest BCUT2D eigenvalue weighted by Crippen LogP contribution is 2.40. The quantitative estimate of drug-likeness (QED) is 0.843. The molecule has 0 radical (unpaired) electrons. The zero-order chi connectivity index (χ0) is 14.1. The summed E-state index contributed by atoms with van der Waals surface area (Å²) in [5.74, 6) is 0.640. The van der Waals surface area contributed by atoms with E-state index in [1.165, 1.54) is 17.0 Å². The highest BCUT2D eigenvalue weighted by Gasteiger charge is 2.28. The lowest BCUT2D eigenvalue weighted by Gasteiger charge is -2.11. The van der Waals surface area contributed by atoms with Crippen molar-refractivity contribution in [2.75, 3.05) is 5.75 Å². The molecule has 0 aliphatic carbocycles. The Morgan fingerprint density at radius 2 is 2.10 bits per heavy atom. The molecular weight excluding hydrogens is 271 g/mol. The number of hydrogen-bond donors (Lipinski definition) is 0. The fourth-order valence-electron chi connectivity index (χ4n) is 2.57. The lowest BCUT2D eigenvalue weighted by atomic mass is 9.91. The lowest BCUT2D eigenvalue weighted by Crippen LogP contribution is -2.15. The largest absolute Gasteiger partial charge is 0.299 e. The van der Waals surface area contributed by atoms with E-state index in [1.54, 1.807) is 17.8 Å². The number of carbonyl (C=O) groups is 1. The van der Waals surface area contributed by atoms with Crippen LogP contribution in [0.1, 0.15) is 22.6 Å². The summed E-state index contributed by atoms with van der Waals surface area (Å²) in [5.41, 5.74) is 2.89. The van der Waals surface area contributed by atoms with E-state index in [2.05, 4.69) is 6.07 Å². The molecule has 1 nitrogen and oxygen atoms in total. The Kier molecular flexibility index (Phi) is 3.62. The number of aryl methyl sites for hydroxylation is 1. The van der Waals surface area contributed by atoms with Crippen LogP contribution < -0.4 is 0 Å². The third-order valence-electron chi connectivity index (χ3n) is 3.76. The third-order valence-corrected chi connectivity index (χ3v) is 4.95. The molecule has 20 heavy (non-hydrogen) atoms. The highest BCUT2D eigenvalue weighted by molar-refractivity contribution is 7.99. The van der Waals surface area contributed by atoms with Gasteiger partial charge in [0.25, 0.3) is 0 Å². The zero-order valence-electron chi connectivity index (χ0n) is 11.2. The third kappa shape index (κ3) is 2.50. The Morgan fingerprint density at radius 3 is 2.95 bits per heavy atom. The Hall–Kier alpha value is -1.61. The minimum atomic E-state index is -0.278. The van der Waals surface area contributed by atoms with Crippen LogP contribution in [0.4, 0.5) is 4.39 Å². The second kappa shape index (κ2) is 5.41. The predicted octanol–water partition coefficient (Wildman–Crippen LogP) is 4.14. The normalized spacial score (nSPS) is 17.0. The first kappa shape index (κ1) is 13.4. The van der Waals surface area contributed by atoms with Crippen LogP contribution >= 0.6 is 11.8 Å². The summed E-state index contributed by atoms with van der Waals surface area (Å²) >= 11 is 1.73. The molecule has 0 bridgehead atoms. The van der Waals surface area contributed by atoms with Gasteiger partial charge in [-0.25, -0.2) is 4.39 Å². The molecule has 0 saturated heterocycles. The van der Waals surface area contributed by atoms with Crippen molar-refractivity contribution in [2.24, 2.45) is 0 Å². The number of Topliss-reactive ketones (excluding diaryl/α,β-unsaturated/α-hetero) is 1. The molecule has 0 aromatic heterocycles. The van der Waals surface area contributed by atoms with Crippen LogP contribution in [0, 0.1) is 12.7 Å². The van der Waals surface area contributed by atoms with Gasteiger partial charge in [0.05, 0.1) is 5.92 Å². The van der Waals surface area contributed by atoms with E-state index in [-0.39, 0.29) is 17.5 Å². The van der Waals surface area contributed by atoms with E-state index in [9.17, 15) is 9.18 Å². The van der Waals surface area contributed by atoms with Crippen LogP contribution in [-0.2, 0) is 11.2 Å². The van der Waals surface area contributed by atoms with E-state index in [0.717, 1.165) is 22.4 Å². The molecule has 102 valence electrons. The van der Waals surface area contributed by atoms with Crippen molar-refractivity contribution in [3.63, 3.8) is 0 Å². The van der Waals surface area contributed by atoms with Gasteiger partial charge in [-0.3, -0.25) is 4.79 Å². The van der Waals surface area contributed by atoms with Crippen LogP contribution in [0.5, 0.6) is 0 Å². The van der Waals surface area contributed by atoms with Crippen LogP contribution in [0.3, 0.4) is 0 Å². The predicted molar refractivity (Wildman–Crippen MR) is 79.8 cm³/mol. The van der Waals surface area contributed by atoms with Crippen molar-refractivity contribution < 1.29 is 9.18 Å². The summed E-state index contributed by atoms with van der Waals surface area (Å²) in [4.78, 5) is 13.7. The molecule has 3 heteroatoms. The number of ketones is 1. The minimum Gasteiger partial charge on any atom is -0.299 e. The average molecular weight is 286 g/mol. The van der Waals surface area contributed by atoms with Crippen molar-refractivity contribution in [1.29, 1.82) is 0 Å². The molecule has 0 spiro atoms. The summed E-state index contributed by atoms with van der Waals surface area (Å²) in [5, 5.41) is 0. The van der Waals surface area contributed by atoms with Crippen LogP contribution in [-0.4, -0.2) is 11.5 Å². The first-order valence-electron chi connectivity index (χ1n) is 6.64. The number of halogens is 1. The maximum atomic E-state index is 13.3. The summed E-state index contributed by atoms with van der Waals surface area (Å²) in [6, 6.07) is 12.7. The number of rotatable bonds is 3. The first-order chi connectivity index (χ1) is 9.65. The van der Waals surface area contributed by atoms with Crippen LogP contribution in [0.15, 0.2) is 47.4 Å². The SMILES string of the molecule is Cc1ccc(F)cc1CC(=O)C1CSc2ccccc21. The van der Waals surface area contributed by atoms with Crippen molar-refractivity contribution in [2.45, 2.75) is 24.2 Å².